The van der Waals surface area contributed by atoms with Gasteiger partial charge in [0.2, 0.25) is 0 Å². The van der Waals surface area contributed by atoms with Gasteiger partial charge in [-0.1, -0.05) is 0 Å². The lowest BCUT2D eigenvalue weighted by Gasteiger charge is -2.27. The third-order valence-corrected chi connectivity index (χ3v) is 5.37. The molecule has 1 unspecified atom stereocenters. The maximum absolute atomic E-state index is 6.04. The van der Waals surface area contributed by atoms with Gasteiger partial charge < -0.3 is 21.1 Å². The number of nitrogens with zero attached hydrogens (tertiary/aromatic N) is 4. The molecule has 150 valence electrons. The molecule has 0 amide bonds. The lowest BCUT2D eigenvalue weighted by molar-refractivity contribution is 0.218. The highest BCUT2D eigenvalue weighted by molar-refractivity contribution is 5.64. The van der Waals surface area contributed by atoms with Crippen molar-refractivity contribution >= 4 is 11.6 Å². The molecule has 29 heavy (non-hydrogen) atoms. The van der Waals surface area contributed by atoms with Crippen LogP contribution in [0.4, 0.5) is 11.6 Å². The summed E-state index contributed by atoms with van der Waals surface area (Å²) >= 11 is 0. The number of fused-ring (bicyclic) bond motifs is 1. The van der Waals surface area contributed by atoms with Crippen molar-refractivity contribution in [3.05, 3.63) is 58.9 Å². The van der Waals surface area contributed by atoms with E-state index in [1.54, 1.807) is 18.5 Å². The van der Waals surface area contributed by atoms with Gasteiger partial charge in [-0.3, -0.25) is 0 Å². The lowest BCUT2D eigenvalue weighted by Crippen LogP contribution is -2.27. The molecule has 4 N–H and O–H groups in total. The monoisotopic (exact) mass is 390 g/mol. The van der Waals surface area contributed by atoms with Crippen molar-refractivity contribution < 1.29 is 4.74 Å². The van der Waals surface area contributed by atoms with Crippen LogP contribution in [0.15, 0.2) is 36.7 Å². The third kappa shape index (κ3) is 4.00. The van der Waals surface area contributed by atoms with Crippen LogP contribution < -0.4 is 16.2 Å². The SMILES string of the molecule is Cc1cc(-c2cnc(N)c(OC(C)c3ccnc(N)c3)n2)cc2c1CCN(C)C2. The zero-order valence-corrected chi connectivity index (χ0v) is 17.0. The Morgan fingerprint density at radius 1 is 1.17 bits per heavy atom. The van der Waals surface area contributed by atoms with E-state index in [4.69, 9.17) is 16.2 Å². The predicted octanol–water partition coefficient (Wildman–Crippen LogP) is 3.14. The van der Waals surface area contributed by atoms with E-state index in [-0.39, 0.29) is 11.9 Å². The molecule has 3 aromatic rings. The number of aryl methyl sites for hydroxylation is 1. The quantitative estimate of drug-likeness (QED) is 0.705. The Balaban J connectivity index is 1.65. The van der Waals surface area contributed by atoms with Gasteiger partial charge in [-0.25, -0.2) is 15.0 Å². The summed E-state index contributed by atoms with van der Waals surface area (Å²) in [6.07, 6.45) is 4.14. The van der Waals surface area contributed by atoms with E-state index in [9.17, 15) is 0 Å². The summed E-state index contributed by atoms with van der Waals surface area (Å²) in [6.45, 7) is 6.10. The molecule has 1 atom stereocenters. The van der Waals surface area contributed by atoms with Gasteiger partial charge in [0.25, 0.3) is 5.88 Å². The Hall–Kier alpha value is -3.19. The second-order valence-corrected chi connectivity index (χ2v) is 7.64. The largest absolute Gasteiger partial charge is 0.467 e. The number of benzene rings is 1. The minimum absolute atomic E-state index is 0.261. The molecular weight excluding hydrogens is 364 g/mol. The van der Waals surface area contributed by atoms with Gasteiger partial charge in [0, 0.05) is 24.8 Å². The zero-order chi connectivity index (χ0) is 20.5. The smallest absolute Gasteiger partial charge is 0.258 e. The van der Waals surface area contributed by atoms with E-state index in [0.29, 0.717) is 11.7 Å². The summed E-state index contributed by atoms with van der Waals surface area (Å²) in [5.41, 5.74) is 18.6. The number of rotatable bonds is 4. The van der Waals surface area contributed by atoms with E-state index in [2.05, 4.69) is 46.0 Å². The van der Waals surface area contributed by atoms with Crippen LogP contribution in [0.3, 0.4) is 0 Å². The maximum Gasteiger partial charge on any atom is 0.258 e. The molecular formula is C22H26N6O. The van der Waals surface area contributed by atoms with E-state index < -0.39 is 0 Å². The van der Waals surface area contributed by atoms with Gasteiger partial charge in [-0.2, -0.15) is 0 Å². The summed E-state index contributed by atoms with van der Waals surface area (Å²) in [5.74, 6) is 1.02. The number of likely N-dealkylation sites (N-methyl/N-ethyl adjacent to an activating group) is 1. The van der Waals surface area contributed by atoms with Gasteiger partial charge in [-0.15, -0.1) is 0 Å². The Bertz CT molecular complexity index is 1050. The van der Waals surface area contributed by atoms with Crippen LogP contribution in [0, 0.1) is 6.92 Å². The zero-order valence-electron chi connectivity index (χ0n) is 17.0. The molecule has 3 heterocycles. The van der Waals surface area contributed by atoms with Crippen molar-refractivity contribution in [1.82, 2.24) is 19.9 Å². The molecule has 7 nitrogen and oxygen atoms in total. The lowest BCUT2D eigenvalue weighted by atomic mass is 9.92. The predicted molar refractivity (Wildman–Crippen MR) is 114 cm³/mol. The fraction of sp³-hybridized carbons (Fsp3) is 0.318. The molecule has 2 aromatic heterocycles. The molecule has 0 fully saturated rings. The van der Waals surface area contributed by atoms with Crippen LogP contribution in [0.2, 0.25) is 0 Å². The molecule has 4 rings (SSSR count). The van der Waals surface area contributed by atoms with E-state index >= 15 is 0 Å². The highest BCUT2D eigenvalue weighted by atomic mass is 16.5. The number of hydrogen-bond donors (Lipinski definition) is 2. The molecule has 1 aromatic carbocycles. The highest BCUT2D eigenvalue weighted by Gasteiger charge is 2.18. The van der Waals surface area contributed by atoms with E-state index in [1.165, 1.54) is 16.7 Å². The molecule has 1 aliphatic heterocycles. The molecule has 0 saturated heterocycles. The average molecular weight is 390 g/mol. The highest BCUT2D eigenvalue weighted by Crippen LogP contribution is 2.31. The maximum atomic E-state index is 6.04. The molecule has 7 heteroatoms. The summed E-state index contributed by atoms with van der Waals surface area (Å²) < 4.78 is 6.02. The van der Waals surface area contributed by atoms with Crippen molar-refractivity contribution in [2.45, 2.75) is 32.9 Å². The molecule has 1 aliphatic rings. The van der Waals surface area contributed by atoms with Gasteiger partial charge in [-0.05, 0) is 73.8 Å². The van der Waals surface area contributed by atoms with Gasteiger partial charge in [0.05, 0.1) is 11.9 Å². The minimum atomic E-state index is -0.286. The molecule has 0 spiro atoms. The topological polar surface area (TPSA) is 103 Å². The second-order valence-electron chi connectivity index (χ2n) is 7.64. The standard InChI is InChI=1S/C22H26N6O/c1-13-8-16(9-17-12-28(3)7-5-18(13)17)19-11-26-21(24)22(27-19)29-14(2)15-4-6-25-20(23)10-15/h4,6,8-11,14H,5,7,12H2,1-3H3,(H2,23,25)(H2,24,26). The van der Waals surface area contributed by atoms with Crippen molar-refractivity contribution in [1.29, 1.82) is 0 Å². The molecule has 0 saturated carbocycles. The van der Waals surface area contributed by atoms with Gasteiger partial charge in [0.1, 0.15) is 11.9 Å². The van der Waals surface area contributed by atoms with Crippen LogP contribution in [-0.2, 0) is 13.0 Å². The summed E-state index contributed by atoms with van der Waals surface area (Å²) in [6, 6.07) is 8.01. The number of nitrogen functional groups attached to an aromatic ring is 2. The van der Waals surface area contributed by atoms with E-state index in [0.717, 1.165) is 36.3 Å². The number of aromatic nitrogens is 3. The van der Waals surface area contributed by atoms with Gasteiger partial charge in [0.15, 0.2) is 5.82 Å². The number of pyridine rings is 1. The van der Waals surface area contributed by atoms with Crippen LogP contribution in [0.5, 0.6) is 5.88 Å². The third-order valence-electron chi connectivity index (χ3n) is 5.37. The Morgan fingerprint density at radius 2 is 2.00 bits per heavy atom. The normalized spacial score (nSPS) is 15.0. The molecule has 0 aliphatic carbocycles. The van der Waals surface area contributed by atoms with Crippen molar-refractivity contribution in [3.63, 3.8) is 0 Å². The fourth-order valence-corrected chi connectivity index (χ4v) is 3.77. The van der Waals surface area contributed by atoms with Crippen molar-refractivity contribution in [3.8, 4) is 17.1 Å². The minimum Gasteiger partial charge on any atom is -0.467 e. The average Bonchev–Trinajstić information content (AvgIpc) is 2.69. The number of hydrogen-bond acceptors (Lipinski definition) is 7. The van der Waals surface area contributed by atoms with Crippen molar-refractivity contribution in [2.75, 3.05) is 25.1 Å². The Labute approximate surface area is 170 Å². The Morgan fingerprint density at radius 3 is 2.79 bits per heavy atom. The van der Waals surface area contributed by atoms with Crippen LogP contribution in [0.1, 0.15) is 35.3 Å². The number of anilines is 2. The Kier molecular flexibility index (Phi) is 5.07. The van der Waals surface area contributed by atoms with E-state index in [1.807, 2.05) is 13.0 Å². The van der Waals surface area contributed by atoms with Crippen LogP contribution >= 0.6 is 0 Å². The summed E-state index contributed by atoms with van der Waals surface area (Å²) in [7, 11) is 2.15. The van der Waals surface area contributed by atoms with Crippen LogP contribution in [0.25, 0.3) is 11.3 Å². The second kappa shape index (κ2) is 7.67. The van der Waals surface area contributed by atoms with Crippen LogP contribution in [-0.4, -0.2) is 33.4 Å². The van der Waals surface area contributed by atoms with Gasteiger partial charge >= 0.3 is 0 Å². The molecule has 0 radical (unpaired) electrons. The first-order valence-electron chi connectivity index (χ1n) is 9.72. The number of nitrogens with two attached hydrogens (primary N) is 2. The fourth-order valence-electron chi connectivity index (χ4n) is 3.77. The summed E-state index contributed by atoms with van der Waals surface area (Å²) in [4.78, 5) is 15.3. The molecule has 0 bridgehead atoms. The number of ether oxygens (including phenoxy) is 1. The first-order chi connectivity index (χ1) is 13.9. The first-order valence-corrected chi connectivity index (χ1v) is 9.72. The van der Waals surface area contributed by atoms with Crippen molar-refractivity contribution in [2.24, 2.45) is 0 Å². The first kappa shape index (κ1) is 19.1. The summed E-state index contributed by atoms with van der Waals surface area (Å²) in [5, 5.41) is 0.